The van der Waals surface area contributed by atoms with E-state index in [0.29, 0.717) is 6.42 Å². The lowest BCUT2D eigenvalue weighted by Crippen LogP contribution is -2.60. The fourth-order valence-electron chi connectivity index (χ4n) is 7.27. The zero-order chi connectivity index (χ0) is 40.2. The minimum absolute atomic E-state index is 0.179. The van der Waals surface area contributed by atoms with E-state index in [4.69, 9.17) is 9.47 Å². The first kappa shape index (κ1) is 51.7. The Bertz CT molecular complexity index is 914. The van der Waals surface area contributed by atoms with Crippen molar-refractivity contribution >= 4 is 5.91 Å². The maximum Gasteiger partial charge on any atom is 0.220 e. The Kier molecular flexibility index (Phi) is 34.7. The SMILES string of the molecule is CCCCCCCC/C=C/CCCCCCCCCCCCCC(=O)N[C@@H](CO[C@H]1O[C@@H](CO)[C@H](O)C(O)C1O)[C@H](O)/C=C/CCCCCCCCCCC. The topological polar surface area (TPSA) is 149 Å². The third-order valence-electron chi connectivity index (χ3n) is 11.0. The quantitative estimate of drug-likeness (QED) is 0.0268. The molecule has 324 valence electrons. The van der Waals surface area contributed by atoms with Crippen molar-refractivity contribution in [2.75, 3.05) is 13.2 Å². The Morgan fingerprint density at radius 2 is 1.02 bits per heavy atom. The summed E-state index contributed by atoms with van der Waals surface area (Å²) in [6.45, 7) is 3.75. The Balaban J connectivity index is 2.29. The van der Waals surface area contributed by atoms with Crippen molar-refractivity contribution in [2.45, 2.75) is 249 Å². The van der Waals surface area contributed by atoms with Gasteiger partial charge in [0.2, 0.25) is 5.91 Å². The smallest absolute Gasteiger partial charge is 0.220 e. The normalized spacial score (nSPS) is 21.5. The second kappa shape index (κ2) is 37.0. The molecule has 0 aromatic carbocycles. The fraction of sp³-hybridized carbons (Fsp3) is 0.891. The molecule has 1 aliphatic heterocycles. The lowest BCUT2D eigenvalue weighted by molar-refractivity contribution is -0.302. The highest BCUT2D eigenvalue weighted by Crippen LogP contribution is 2.22. The van der Waals surface area contributed by atoms with E-state index in [1.165, 1.54) is 148 Å². The molecule has 1 aliphatic rings. The third kappa shape index (κ3) is 27.9. The number of amides is 1. The van der Waals surface area contributed by atoms with Gasteiger partial charge in [0.15, 0.2) is 6.29 Å². The molecule has 1 fully saturated rings. The lowest BCUT2D eigenvalue weighted by atomic mass is 9.99. The third-order valence-corrected chi connectivity index (χ3v) is 11.0. The summed E-state index contributed by atoms with van der Waals surface area (Å²) in [5.74, 6) is -0.179. The summed E-state index contributed by atoms with van der Waals surface area (Å²) >= 11 is 0. The van der Waals surface area contributed by atoms with Gasteiger partial charge in [-0.1, -0.05) is 179 Å². The lowest BCUT2D eigenvalue weighted by Gasteiger charge is -2.40. The summed E-state index contributed by atoms with van der Waals surface area (Å²) in [5, 5.41) is 54.1. The Labute approximate surface area is 337 Å². The van der Waals surface area contributed by atoms with E-state index >= 15 is 0 Å². The molecule has 0 aromatic heterocycles. The van der Waals surface area contributed by atoms with Gasteiger partial charge in [-0.2, -0.15) is 0 Å². The van der Waals surface area contributed by atoms with E-state index in [1.807, 2.05) is 6.08 Å². The molecule has 0 saturated carbocycles. The second-order valence-corrected chi connectivity index (χ2v) is 16.2. The summed E-state index contributed by atoms with van der Waals surface area (Å²) < 4.78 is 11.2. The highest BCUT2D eigenvalue weighted by atomic mass is 16.7. The van der Waals surface area contributed by atoms with Crippen molar-refractivity contribution in [3.05, 3.63) is 24.3 Å². The molecule has 6 N–H and O–H groups in total. The monoisotopic (exact) mass is 782 g/mol. The van der Waals surface area contributed by atoms with Crippen molar-refractivity contribution in [1.82, 2.24) is 5.32 Å². The van der Waals surface area contributed by atoms with Crippen molar-refractivity contribution in [2.24, 2.45) is 0 Å². The van der Waals surface area contributed by atoms with E-state index in [-0.39, 0.29) is 12.5 Å². The number of aliphatic hydroxyl groups excluding tert-OH is 5. The first-order valence-corrected chi connectivity index (χ1v) is 23.1. The van der Waals surface area contributed by atoms with Crippen molar-refractivity contribution in [1.29, 1.82) is 0 Å². The molecule has 2 unspecified atom stereocenters. The molecule has 1 heterocycles. The van der Waals surface area contributed by atoms with Crippen LogP contribution in [0.25, 0.3) is 0 Å². The highest BCUT2D eigenvalue weighted by Gasteiger charge is 2.44. The van der Waals surface area contributed by atoms with Crippen LogP contribution in [0, 0.1) is 0 Å². The van der Waals surface area contributed by atoms with Gasteiger partial charge in [-0.15, -0.1) is 0 Å². The number of allylic oxidation sites excluding steroid dienone is 3. The Morgan fingerprint density at radius 1 is 0.600 bits per heavy atom. The average Bonchev–Trinajstić information content (AvgIpc) is 3.18. The predicted octanol–water partition coefficient (Wildman–Crippen LogP) is 9.50. The maximum atomic E-state index is 12.9. The van der Waals surface area contributed by atoms with Crippen molar-refractivity contribution in [3.63, 3.8) is 0 Å². The fourth-order valence-corrected chi connectivity index (χ4v) is 7.27. The van der Waals surface area contributed by atoms with Gasteiger partial charge in [0.25, 0.3) is 0 Å². The van der Waals surface area contributed by atoms with Gasteiger partial charge in [-0.3, -0.25) is 4.79 Å². The molecular weight excluding hydrogens is 695 g/mol. The summed E-state index contributed by atoms with van der Waals surface area (Å²) in [5.41, 5.74) is 0. The molecule has 1 rings (SSSR count). The molecule has 0 spiro atoms. The molecule has 55 heavy (non-hydrogen) atoms. The van der Waals surface area contributed by atoms with Crippen LogP contribution in [0.2, 0.25) is 0 Å². The first-order chi connectivity index (χ1) is 26.8. The van der Waals surface area contributed by atoms with Crippen molar-refractivity contribution in [3.8, 4) is 0 Å². The highest BCUT2D eigenvalue weighted by molar-refractivity contribution is 5.76. The minimum Gasteiger partial charge on any atom is -0.394 e. The zero-order valence-electron chi connectivity index (χ0n) is 35.4. The van der Waals surface area contributed by atoms with Gasteiger partial charge >= 0.3 is 0 Å². The number of hydrogen-bond acceptors (Lipinski definition) is 8. The van der Waals surface area contributed by atoms with E-state index in [2.05, 4.69) is 31.3 Å². The summed E-state index contributed by atoms with van der Waals surface area (Å²) in [4.78, 5) is 12.9. The molecule has 0 radical (unpaired) electrons. The number of carbonyl (C=O) groups excluding carboxylic acids is 1. The standard InChI is InChI=1S/C46H87NO8/c1-3-5-7-9-11-13-15-16-17-18-19-20-21-22-23-24-26-28-30-32-34-36-42(50)47-39(38-54-46-45(53)44(52)43(51)41(37-48)55-46)40(49)35-33-31-29-27-25-14-12-10-8-6-4-2/h16-17,33,35,39-41,43-46,48-49,51-53H,3-15,18-32,34,36-38H2,1-2H3,(H,47,50)/b17-16+,35-33+/t39-,40+,41-,43-,44?,45?,46-/m0/s1. The molecule has 1 saturated heterocycles. The van der Waals surface area contributed by atoms with Gasteiger partial charge in [0, 0.05) is 6.42 Å². The van der Waals surface area contributed by atoms with Crippen LogP contribution in [-0.4, -0.2) is 87.5 Å². The average molecular weight is 782 g/mol. The van der Waals surface area contributed by atoms with Crippen LogP contribution in [0.4, 0.5) is 0 Å². The van der Waals surface area contributed by atoms with Gasteiger partial charge < -0.3 is 40.3 Å². The minimum atomic E-state index is -1.56. The molecule has 0 aliphatic carbocycles. The molecule has 9 nitrogen and oxygen atoms in total. The number of carbonyl (C=O) groups is 1. The van der Waals surface area contributed by atoms with Crippen LogP contribution in [0.1, 0.15) is 206 Å². The zero-order valence-corrected chi connectivity index (χ0v) is 35.4. The summed E-state index contributed by atoms with van der Waals surface area (Å²) in [7, 11) is 0. The van der Waals surface area contributed by atoms with E-state index in [1.54, 1.807) is 6.08 Å². The van der Waals surface area contributed by atoms with E-state index in [9.17, 15) is 30.3 Å². The van der Waals surface area contributed by atoms with Crippen LogP contribution in [0.3, 0.4) is 0 Å². The van der Waals surface area contributed by atoms with E-state index < -0.39 is 49.5 Å². The molecule has 7 atom stereocenters. The Hall–Kier alpha value is -1.33. The van der Waals surface area contributed by atoms with Crippen LogP contribution in [-0.2, 0) is 14.3 Å². The molecule has 9 heteroatoms. The van der Waals surface area contributed by atoms with Gasteiger partial charge in [0.05, 0.1) is 25.4 Å². The van der Waals surface area contributed by atoms with E-state index in [0.717, 1.165) is 38.5 Å². The molecular formula is C46H87NO8. The van der Waals surface area contributed by atoms with Gasteiger partial charge in [-0.05, 0) is 44.9 Å². The largest absolute Gasteiger partial charge is 0.394 e. The van der Waals surface area contributed by atoms with Crippen LogP contribution in [0.5, 0.6) is 0 Å². The van der Waals surface area contributed by atoms with Crippen LogP contribution in [0.15, 0.2) is 24.3 Å². The van der Waals surface area contributed by atoms with Gasteiger partial charge in [0.1, 0.15) is 24.4 Å². The van der Waals surface area contributed by atoms with Crippen molar-refractivity contribution < 1.29 is 39.8 Å². The second-order valence-electron chi connectivity index (χ2n) is 16.2. The molecule has 1 amide bonds. The Morgan fingerprint density at radius 3 is 1.47 bits per heavy atom. The van der Waals surface area contributed by atoms with Crippen LogP contribution < -0.4 is 5.32 Å². The number of hydrogen-bond donors (Lipinski definition) is 6. The number of rotatable bonds is 38. The number of nitrogens with one attached hydrogen (secondary N) is 1. The predicted molar refractivity (Wildman–Crippen MR) is 226 cm³/mol. The first-order valence-electron chi connectivity index (χ1n) is 23.1. The summed E-state index contributed by atoms with van der Waals surface area (Å²) in [6, 6.07) is -0.800. The maximum absolute atomic E-state index is 12.9. The number of unbranched alkanes of at least 4 members (excludes halogenated alkanes) is 26. The molecule has 0 bridgehead atoms. The number of ether oxygens (including phenoxy) is 2. The van der Waals surface area contributed by atoms with Crippen LogP contribution >= 0.6 is 0 Å². The summed E-state index contributed by atoms with van der Waals surface area (Å²) in [6.07, 6.45) is 36.5. The molecule has 0 aromatic rings. The van der Waals surface area contributed by atoms with Gasteiger partial charge in [-0.25, -0.2) is 0 Å². The number of aliphatic hydroxyl groups is 5.